The highest BCUT2D eigenvalue weighted by Gasteiger charge is 2.15. The second-order valence-electron chi connectivity index (χ2n) is 7.39. The van der Waals surface area contributed by atoms with Crippen molar-refractivity contribution in [1.29, 1.82) is 0 Å². The van der Waals surface area contributed by atoms with Gasteiger partial charge in [-0.2, -0.15) is 0 Å². The van der Waals surface area contributed by atoms with Crippen molar-refractivity contribution in [2.75, 3.05) is 31.5 Å². The number of aryl methyl sites for hydroxylation is 1. The molecular weight excluding hydrogens is 504 g/mol. The van der Waals surface area contributed by atoms with E-state index in [1.165, 1.54) is 26.4 Å². The van der Waals surface area contributed by atoms with E-state index in [0.717, 1.165) is 11.1 Å². The van der Waals surface area contributed by atoms with Gasteiger partial charge in [0.05, 0.1) is 29.9 Å². The third-order valence-electron chi connectivity index (χ3n) is 4.90. The van der Waals surface area contributed by atoms with Gasteiger partial charge in [-0.05, 0) is 70.9 Å². The second-order valence-corrected chi connectivity index (χ2v) is 8.24. The first-order valence-corrected chi connectivity index (χ1v) is 11.1. The molecule has 0 bridgehead atoms. The Hall–Kier alpha value is -3.72. The number of hydrogen-bond acceptors (Lipinski definition) is 6. The summed E-state index contributed by atoms with van der Waals surface area (Å²) >= 11 is 3.48. The van der Waals surface area contributed by atoms with Crippen LogP contribution in [0.15, 0.2) is 59.1 Å². The van der Waals surface area contributed by atoms with Crippen molar-refractivity contribution in [3.63, 3.8) is 0 Å². The minimum atomic E-state index is -1.02. The second kappa shape index (κ2) is 11.4. The maximum absolute atomic E-state index is 12.3. The van der Waals surface area contributed by atoms with E-state index in [1.807, 2.05) is 37.3 Å². The van der Waals surface area contributed by atoms with E-state index in [1.54, 1.807) is 12.1 Å². The van der Waals surface area contributed by atoms with Crippen LogP contribution >= 0.6 is 15.9 Å². The summed E-state index contributed by atoms with van der Waals surface area (Å²) in [5, 5.41) is 15.2. The summed E-state index contributed by atoms with van der Waals surface area (Å²) in [5.74, 6) is 0.0453. The normalized spacial score (nSPS) is 10.4. The average molecular weight is 529 g/mol. The maximum Gasteiger partial charge on any atom is 0.335 e. The number of hydrogen-bond donors (Lipinski definition) is 3. The van der Waals surface area contributed by atoms with Gasteiger partial charge in [-0.1, -0.05) is 17.7 Å². The van der Waals surface area contributed by atoms with E-state index in [-0.39, 0.29) is 18.1 Å². The predicted octanol–water partition coefficient (Wildman–Crippen LogP) is 5.10. The van der Waals surface area contributed by atoms with Gasteiger partial charge in [0.15, 0.2) is 18.1 Å². The van der Waals surface area contributed by atoms with Crippen LogP contribution in [-0.4, -0.2) is 37.8 Å². The lowest BCUT2D eigenvalue weighted by molar-refractivity contribution is -0.118. The molecule has 0 heterocycles. The minimum absolute atomic E-state index is 0.148. The monoisotopic (exact) mass is 528 g/mol. The van der Waals surface area contributed by atoms with Gasteiger partial charge in [0, 0.05) is 12.2 Å². The van der Waals surface area contributed by atoms with Gasteiger partial charge in [-0.3, -0.25) is 4.79 Å². The molecule has 8 nitrogen and oxygen atoms in total. The first kappa shape index (κ1) is 24.9. The quantitative estimate of drug-likeness (QED) is 0.336. The van der Waals surface area contributed by atoms with Gasteiger partial charge in [0.1, 0.15) is 5.75 Å². The number of carboxylic acid groups (broad SMARTS) is 1. The van der Waals surface area contributed by atoms with Crippen molar-refractivity contribution in [3.8, 4) is 17.2 Å². The zero-order valence-electron chi connectivity index (χ0n) is 19.0. The highest BCUT2D eigenvalue weighted by molar-refractivity contribution is 9.10. The van der Waals surface area contributed by atoms with Crippen LogP contribution in [0.4, 0.5) is 11.4 Å². The van der Waals surface area contributed by atoms with Crippen LogP contribution in [0.25, 0.3) is 0 Å². The Bertz CT molecular complexity index is 1180. The summed E-state index contributed by atoms with van der Waals surface area (Å²) < 4.78 is 17.1. The molecule has 0 aliphatic heterocycles. The SMILES string of the molecule is COc1ccc(C(=O)O)cc1NCc1cc(Br)c(OCC(=O)Nc2ccc(C)cc2)c(OC)c1. The summed E-state index contributed by atoms with van der Waals surface area (Å²) in [4.78, 5) is 23.6. The van der Waals surface area contributed by atoms with Gasteiger partial charge in [-0.25, -0.2) is 4.79 Å². The van der Waals surface area contributed by atoms with Gasteiger partial charge in [0.2, 0.25) is 0 Å². The number of ether oxygens (including phenoxy) is 3. The standard InChI is InChI=1S/C25H25BrN2O6/c1-15-4-7-18(8-5-15)28-23(29)14-34-24-19(26)10-16(11-22(24)33-3)13-27-20-12-17(25(30)31)6-9-21(20)32-2/h4-12,27H,13-14H2,1-3H3,(H,28,29)(H,30,31). The van der Waals surface area contributed by atoms with E-state index < -0.39 is 5.97 Å². The van der Waals surface area contributed by atoms with Crippen molar-refractivity contribution < 1.29 is 28.9 Å². The zero-order chi connectivity index (χ0) is 24.7. The number of carboxylic acids is 1. The van der Waals surface area contributed by atoms with Crippen LogP contribution in [0.5, 0.6) is 17.2 Å². The molecule has 3 N–H and O–H groups in total. The fraction of sp³-hybridized carbons (Fsp3) is 0.200. The molecule has 0 fully saturated rings. The molecule has 178 valence electrons. The van der Waals surface area contributed by atoms with E-state index in [0.29, 0.717) is 39.6 Å². The summed E-state index contributed by atoms with van der Waals surface area (Å²) in [6.07, 6.45) is 0. The van der Waals surface area contributed by atoms with Crippen molar-refractivity contribution >= 4 is 39.2 Å². The Morgan fingerprint density at radius 3 is 2.32 bits per heavy atom. The molecule has 1 amide bonds. The van der Waals surface area contributed by atoms with Crippen molar-refractivity contribution in [3.05, 3.63) is 75.8 Å². The molecule has 0 atom stereocenters. The first-order valence-electron chi connectivity index (χ1n) is 10.3. The Balaban J connectivity index is 1.68. The number of methoxy groups -OCH3 is 2. The van der Waals surface area contributed by atoms with Crippen molar-refractivity contribution in [1.82, 2.24) is 0 Å². The molecule has 0 aromatic heterocycles. The molecule has 34 heavy (non-hydrogen) atoms. The fourth-order valence-corrected chi connectivity index (χ4v) is 3.77. The third kappa shape index (κ3) is 6.41. The molecule has 0 unspecified atom stereocenters. The number of benzene rings is 3. The van der Waals surface area contributed by atoms with Crippen LogP contribution in [0, 0.1) is 6.92 Å². The summed E-state index contributed by atoms with van der Waals surface area (Å²) in [5.41, 5.74) is 3.32. The van der Waals surface area contributed by atoms with Crippen LogP contribution in [0.3, 0.4) is 0 Å². The Morgan fingerprint density at radius 2 is 1.68 bits per heavy atom. The molecule has 0 saturated carbocycles. The lowest BCUT2D eigenvalue weighted by Crippen LogP contribution is -2.20. The number of halogens is 1. The van der Waals surface area contributed by atoms with E-state index in [2.05, 4.69) is 26.6 Å². The van der Waals surface area contributed by atoms with Gasteiger partial charge < -0.3 is 30.0 Å². The van der Waals surface area contributed by atoms with Crippen molar-refractivity contribution in [2.45, 2.75) is 13.5 Å². The van der Waals surface area contributed by atoms with Crippen LogP contribution in [-0.2, 0) is 11.3 Å². The fourth-order valence-electron chi connectivity index (χ4n) is 3.16. The summed E-state index contributed by atoms with van der Waals surface area (Å²) in [7, 11) is 3.03. The number of carbonyl (C=O) groups excluding carboxylic acids is 1. The first-order chi connectivity index (χ1) is 16.3. The minimum Gasteiger partial charge on any atom is -0.495 e. The average Bonchev–Trinajstić information content (AvgIpc) is 2.82. The smallest absolute Gasteiger partial charge is 0.335 e. The highest BCUT2D eigenvalue weighted by Crippen LogP contribution is 2.37. The predicted molar refractivity (Wildman–Crippen MR) is 133 cm³/mol. The third-order valence-corrected chi connectivity index (χ3v) is 5.49. The molecule has 0 aliphatic rings. The number of rotatable bonds is 10. The van der Waals surface area contributed by atoms with Gasteiger partial charge in [0.25, 0.3) is 5.91 Å². The van der Waals surface area contributed by atoms with Gasteiger partial charge in [-0.15, -0.1) is 0 Å². The van der Waals surface area contributed by atoms with Gasteiger partial charge >= 0.3 is 5.97 Å². The largest absolute Gasteiger partial charge is 0.495 e. The zero-order valence-corrected chi connectivity index (χ0v) is 20.6. The summed E-state index contributed by atoms with van der Waals surface area (Å²) in [6.45, 7) is 2.14. The Morgan fingerprint density at radius 1 is 0.971 bits per heavy atom. The van der Waals surface area contributed by atoms with E-state index in [9.17, 15) is 14.7 Å². The van der Waals surface area contributed by atoms with Crippen molar-refractivity contribution in [2.24, 2.45) is 0 Å². The lowest BCUT2D eigenvalue weighted by Gasteiger charge is -2.16. The molecule has 0 saturated heterocycles. The number of amides is 1. The molecule has 0 radical (unpaired) electrons. The molecule has 3 aromatic rings. The molecule has 3 rings (SSSR count). The van der Waals surface area contributed by atoms with Crippen LogP contribution < -0.4 is 24.8 Å². The number of carbonyl (C=O) groups is 2. The van der Waals surface area contributed by atoms with E-state index in [4.69, 9.17) is 14.2 Å². The maximum atomic E-state index is 12.3. The van der Waals surface area contributed by atoms with Crippen LogP contribution in [0.1, 0.15) is 21.5 Å². The van der Waals surface area contributed by atoms with E-state index >= 15 is 0 Å². The topological polar surface area (TPSA) is 106 Å². The molecule has 3 aromatic carbocycles. The molecular formula is C25H25BrN2O6. The molecule has 0 spiro atoms. The Kier molecular flexibility index (Phi) is 8.37. The number of nitrogens with one attached hydrogen (secondary N) is 2. The number of aromatic carboxylic acids is 1. The summed E-state index contributed by atoms with van der Waals surface area (Å²) in [6, 6.07) is 15.7. The lowest BCUT2D eigenvalue weighted by atomic mass is 10.1. The number of anilines is 2. The highest BCUT2D eigenvalue weighted by atomic mass is 79.9. The molecule has 9 heteroatoms. The molecule has 0 aliphatic carbocycles. The Labute approximate surface area is 206 Å². The van der Waals surface area contributed by atoms with Crippen LogP contribution in [0.2, 0.25) is 0 Å².